The van der Waals surface area contributed by atoms with Gasteiger partial charge in [-0.1, -0.05) is 49.3 Å². The second-order valence-corrected chi connectivity index (χ2v) is 19.1. The van der Waals surface area contributed by atoms with Gasteiger partial charge in [0.15, 0.2) is 0 Å². The summed E-state index contributed by atoms with van der Waals surface area (Å²) in [5, 5.41) is 8.40. The van der Waals surface area contributed by atoms with Gasteiger partial charge in [0, 0.05) is 24.1 Å². The molecule has 3 aliphatic heterocycles. The molecule has 4 heterocycles. The minimum atomic E-state index is -3.96. The Morgan fingerprint density at radius 3 is 2.61 bits per heavy atom. The number of para-hydroxylation sites is 1. The molecule has 3 amide bonds. The van der Waals surface area contributed by atoms with E-state index in [1.165, 1.54) is 0 Å². The molecule has 8 rings (SSSR count). The van der Waals surface area contributed by atoms with E-state index in [4.69, 9.17) is 19.4 Å². The zero-order valence-corrected chi connectivity index (χ0v) is 33.2. The smallest absolute Gasteiger partial charge is 0.259 e. The molecule has 2 aromatic carbocycles. The molecule has 1 aromatic heterocycles. The first-order chi connectivity index (χ1) is 27.0. The average molecular weight is 801 g/mol. The van der Waals surface area contributed by atoms with Crippen LogP contribution in [0.1, 0.15) is 82.1 Å². The Morgan fingerprint density at radius 2 is 1.86 bits per heavy atom. The number of methoxy groups -OCH3 is 1. The number of ether oxygens (including phenoxy) is 2. The maximum absolute atomic E-state index is 14.7. The summed E-state index contributed by atoms with van der Waals surface area (Å²) < 4.78 is 39.9. The van der Waals surface area contributed by atoms with E-state index < -0.39 is 56.2 Å². The molecule has 2 saturated carbocycles. The Kier molecular flexibility index (Phi) is 10.5. The van der Waals surface area contributed by atoms with E-state index in [-0.39, 0.29) is 30.5 Å². The van der Waals surface area contributed by atoms with Crippen LogP contribution < -0.4 is 24.8 Å². The van der Waals surface area contributed by atoms with Crippen molar-refractivity contribution in [3.63, 3.8) is 0 Å². The fraction of sp³-hybridized carbons (Fsp3) is 0.488. The van der Waals surface area contributed by atoms with Crippen LogP contribution >= 0.6 is 11.8 Å². The van der Waals surface area contributed by atoms with Crippen LogP contribution in [0.5, 0.6) is 11.6 Å². The number of fused-ring (bicyclic) bond motifs is 3. The van der Waals surface area contributed by atoms with Crippen LogP contribution in [0.25, 0.3) is 11.0 Å². The van der Waals surface area contributed by atoms with Crippen LogP contribution in [0.4, 0.5) is 5.69 Å². The molecule has 1 unspecified atom stereocenters. The summed E-state index contributed by atoms with van der Waals surface area (Å²) in [6.07, 6.45) is 11.3. The molecular weight excluding hydrogens is 753 g/mol. The molecule has 0 radical (unpaired) electrons. The van der Waals surface area contributed by atoms with Gasteiger partial charge in [0.2, 0.25) is 27.7 Å². The van der Waals surface area contributed by atoms with Crippen molar-refractivity contribution in [3.05, 3.63) is 77.9 Å². The maximum Gasteiger partial charge on any atom is 0.259 e. The van der Waals surface area contributed by atoms with Crippen LogP contribution in [0.15, 0.2) is 72.2 Å². The molecule has 3 aromatic rings. The highest BCUT2D eigenvalue weighted by molar-refractivity contribution is 8.02. The quantitative estimate of drug-likeness (QED) is 0.232. The van der Waals surface area contributed by atoms with Gasteiger partial charge in [-0.05, 0) is 81.5 Å². The first kappa shape index (κ1) is 38.3. The topological polar surface area (TPSA) is 169 Å². The minimum Gasteiger partial charge on any atom is -0.497 e. The molecule has 6 atom stereocenters. The van der Waals surface area contributed by atoms with E-state index in [2.05, 4.69) is 21.4 Å². The lowest BCUT2D eigenvalue weighted by atomic mass is 10.0. The van der Waals surface area contributed by atoms with E-state index >= 15 is 0 Å². The summed E-state index contributed by atoms with van der Waals surface area (Å²) >= 11 is 1.63. The number of nitrogens with one attached hydrogen (secondary N) is 3. The molecule has 13 nitrogen and oxygen atoms in total. The lowest BCUT2D eigenvalue weighted by molar-refractivity contribution is -0.140. The van der Waals surface area contributed by atoms with Gasteiger partial charge in [-0.2, -0.15) is 0 Å². The van der Waals surface area contributed by atoms with E-state index in [1.54, 1.807) is 30.7 Å². The van der Waals surface area contributed by atoms with Crippen molar-refractivity contribution < 1.29 is 32.3 Å². The molecule has 0 spiro atoms. The summed E-state index contributed by atoms with van der Waals surface area (Å²) in [5.41, 5.74) is 1.27. The second kappa shape index (κ2) is 15.4. The van der Waals surface area contributed by atoms with Crippen LogP contribution in [0, 0.1) is 5.92 Å². The van der Waals surface area contributed by atoms with E-state index in [9.17, 15) is 22.8 Å². The zero-order chi connectivity index (χ0) is 39.1. The minimum absolute atomic E-state index is 0.0308. The Morgan fingerprint density at radius 1 is 1.04 bits per heavy atom. The number of thioether (sulfide) groups is 1. The Hall–Kier alpha value is -4.63. The fourth-order valence-corrected chi connectivity index (χ4v) is 10.1. The number of amides is 3. The van der Waals surface area contributed by atoms with Gasteiger partial charge in [0.25, 0.3) is 5.91 Å². The number of carbonyl (C=O) groups excluding carboxylic acids is 3. The molecule has 3 fully saturated rings. The Bertz CT molecular complexity index is 2170. The molecule has 0 bridgehead atoms. The van der Waals surface area contributed by atoms with Gasteiger partial charge in [-0.3, -0.25) is 19.1 Å². The molecule has 5 aliphatic rings. The first-order valence-corrected chi connectivity index (χ1v) is 21.9. The van der Waals surface area contributed by atoms with Crippen LogP contribution in [-0.2, 0) is 24.4 Å². The number of nitrogens with zero attached hydrogens (tertiary/aromatic N) is 3. The second-order valence-electron chi connectivity index (χ2n) is 15.8. The highest BCUT2D eigenvalue weighted by Gasteiger charge is 2.63. The molecule has 296 valence electrons. The lowest BCUT2D eigenvalue weighted by Gasteiger charge is -2.30. The SMILES string of the molecule is COc1ccc2nc(O[C@@H]3C[C@H]4C(=O)N[C@]5(C(=O)NS(=O)(=O)C6(C)CC6)C[C@H]5/C=C\CCCCC[C@H](Nc5ccccc5)C(=O)N4C3)c(C3CC=CS3)nc2c1. The number of hydrogen-bond donors (Lipinski definition) is 3. The summed E-state index contributed by atoms with van der Waals surface area (Å²) in [7, 11) is -2.36. The summed E-state index contributed by atoms with van der Waals surface area (Å²) in [6.45, 7) is 1.71. The van der Waals surface area contributed by atoms with Gasteiger partial charge in [-0.15, -0.1) is 11.8 Å². The number of sulfonamides is 1. The molecule has 1 saturated heterocycles. The van der Waals surface area contributed by atoms with Crippen molar-refractivity contribution in [2.24, 2.45) is 5.92 Å². The number of carbonyl (C=O) groups is 3. The van der Waals surface area contributed by atoms with Crippen molar-refractivity contribution >= 4 is 56.2 Å². The predicted molar refractivity (Wildman–Crippen MR) is 214 cm³/mol. The van der Waals surface area contributed by atoms with E-state index in [0.29, 0.717) is 47.6 Å². The number of rotatable bonds is 9. The van der Waals surface area contributed by atoms with Gasteiger partial charge in [0.1, 0.15) is 35.2 Å². The van der Waals surface area contributed by atoms with Crippen molar-refractivity contribution in [2.75, 3.05) is 19.0 Å². The van der Waals surface area contributed by atoms with Crippen LogP contribution in [0.3, 0.4) is 0 Å². The first-order valence-electron chi connectivity index (χ1n) is 19.5. The average Bonchev–Trinajstić information content (AvgIpc) is 3.94. The number of allylic oxidation sites excluding steroid dienone is 2. The lowest BCUT2D eigenvalue weighted by Crippen LogP contribution is -2.58. The molecule has 3 N–H and O–H groups in total. The number of benzene rings is 2. The number of aromatic nitrogens is 2. The Labute approximate surface area is 331 Å². The normalized spacial score (nSPS) is 29.2. The molecule has 56 heavy (non-hydrogen) atoms. The van der Waals surface area contributed by atoms with Gasteiger partial charge in [0.05, 0.1) is 34.7 Å². The molecule has 15 heteroatoms. The zero-order valence-electron chi connectivity index (χ0n) is 31.6. The predicted octanol–water partition coefficient (Wildman–Crippen LogP) is 5.55. The molecule has 2 aliphatic carbocycles. The highest BCUT2D eigenvalue weighted by Crippen LogP contribution is 2.48. The van der Waals surface area contributed by atoms with E-state index in [0.717, 1.165) is 37.8 Å². The third-order valence-electron chi connectivity index (χ3n) is 11.7. The largest absolute Gasteiger partial charge is 0.497 e. The maximum atomic E-state index is 14.7. The summed E-state index contributed by atoms with van der Waals surface area (Å²) in [6, 6.07) is 13.4. The van der Waals surface area contributed by atoms with Crippen molar-refractivity contribution in [1.29, 1.82) is 0 Å². The van der Waals surface area contributed by atoms with Gasteiger partial charge < -0.3 is 25.0 Å². The molecular formula is C41H48N6O7S2. The highest BCUT2D eigenvalue weighted by atomic mass is 32.2. The van der Waals surface area contributed by atoms with Crippen molar-refractivity contribution in [2.45, 2.75) is 105 Å². The Balaban J connectivity index is 1.12. The fourth-order valence-electron chi connectivity index (χ4n) is 7.86. The number of hydrogen-bond acceptors (Lipinski definition) is 11. The van der Waals surface area contributed by atoms with Crippen LogP contribution in [-0.4, -0.2) is 83.1 Å². The third kappa shape index (κ3) is 7.71. The summed E-state index contributed by atoms with van der Waals surface area (Å²) in [5.74, 6) is -0.935. The van der Waals surface area contributed by atoms with E-state index in [1.807, 2.05) is 66.1 Å². The summed E-state index contributed by atoms with van der Waals surface area (Å²) in [4.78, 5) is 54.7. The monoisotopic (exact) mass is 800 g/mol. The standard InChI is InChI=1S/C41H48N6O7S2/c1-40(19-20-40)56(51,52)46-39(50)41-24-26(41)12-7-4-3-5-10-15-31(42-27-13-8-6-9-14-27)38(49)47-25-29(23-33(47)36(48)45-41)54-37-35(34-16-11-21-55-34)43-32-22-28(53-2)17-18-30(32)44-37/h6-9,11-14,17-18,21-22,26,29,31,33-34,42H,3-5,10,15-16,19-20,23-25H2,1-2H3,(H,45,48)(H,46,50)/b12-7-/t26-,29-,31+,33+,34?,41-/m1/s1. The third-order valence-corrected chi connectivity index (χ3v) is 15.0. The van der Waals surface area contributed by atoms with Gasteiger partial charge in [-0.25, -0.2) is 18.4 Å². The van der Waals surface area contributed by atoms with Gasteiger partial charge >= 0.3 is 0 Å². The number of anilines is 1. The van der Waals surface area contributed by atoms with Crippen molar-refractivity contribution in [1.82, 2.24) is 24.9 Å². The van der Waals surface area contributed by atoms with Crippen molar-refractivity contribution in [3.8, 4) is 11.6 Å². The van der Waals surface area contributed by atoms with Crippen LogP contribution in [0.2, 0.25) is 0 Å².